The van der Waals surface area contributed by atoms with Crippen molar-refractivity contribution in [1.29, 1.82) is 0 Å². The van der Waals surface area contributed by atoms with Gasteiger partial charge in [-0.25, -0.2) is 0 Å². The molecule has 17 heavy (non-hydrogen) atoms. The van der Waals surface area contributed by atoms with E-state index in [9.17, 15) is 5.11 Å². The molecule has 1 aliphatic heterocycles. The van der Waals surface area contributed by atoms with E-state index in [0.29, 0.717) is 17.2 Å². The Hall–Kier alpha value is -0.0300. The van der Waals surface area contributed by atoms with E-state index in [1.54, 1.807) is 0 Å². The Kier molecular flexibility index (Phi) is 4.53. The Morgan fingerprint density at radius 3 is 2.94 bits per heavy atom. The van der Waals surface area contributed by atoms with E-state index in [1.165, 1.54) is 9.77 Å². The molecule has 0 spiro atoms. The van der Waals surface area contributed by atoms with Gasteiger partial charge in [0.1, 0.15) is 0 Å². The van der Waals surface area contributed by atoms with Gasteiger partial charge in [-0.15, -0.1) is 23.1 Å². The molecule has 2 N–H and O–H groups in total. The Morgan fingerprint density at radius 2 is 2.29 bits per heavy atom. The van der Waals surface area contributed by atoms with Gasteiger partial charge in [-0.3, -0.25) is 0 Å². The molecule has 1 aromatic rings. The van der Waals surface area contributed by atoms with Gasteiger partial charge in [0.25, 0.3) is 0 Å². The smallest absolute Gasteiger partial charge is 0.0649 e. The number of fused-ring (bicyclic) bond motifs is 1. The van der Waals surface area contributed by atoms with Crippen molar-refractivity contribution >= 4 is 23.1 Å². The maximum Gasteiger partial charge on any atom is 0.0649 e. The summed E-state index contributed by atoms with van der Waals surface area (Å²) >= 11 is 3.82. The summed E-state index contributed by atoms with van der Waals surface area (Å²) in [5.74, 6) is 0.465. The number of rotatable bonds is 4. The quantitative estimate of drug-likeness (QED) is 0.881. The molecular weight excluding hydrogens is 250 g/mol. The molecule has 1 aromatic heterocycles. The van der Waals surface area contributed by atoms with Crippen LogP contribution >= 0.6 is 23.1 Å². The summed E-state index contributed by atoms with van der Waals surface area (Å²) < 4.78 is 1.45. The van der Waals surface area contributed by atoms with Crippen molar-refractivity contribution in [3.8, 4) is 0 Å². The van der Waals surface area contributed by atoms with Crippen LogP contribution in [-0.4, -0.2) is 23.0 Å². The minimum Gasteiger partial charge on any atom is -0.395 e. The third kappa shape index (κ3) is 3.05. The molecule has 0 saturated carbocycles. The van der Waals surface area contributed by atoms with Crippen molar-refractivity contribution in [3.05, 3.63) is 17.0 Å². The first kappa shape index (κ1) is 13.4. The number of nitrogens with one attached hydrogen (secondary N) is 1. The summed E-state index contributed by atoms with van der Waals surface area (Å²) in [5, 5.41) is 15.9. The van der Waals surface area contributed by atoms with Crippen LogP contribution < -0.4 is 5.32 Å². The third-order valence-electron chi connectivity index (χ3n) is 3.33. The highest BCUT2D eigenvalue weighted by Crippen LogP contribution is 2.43. The normalized spacial score (nSPS) is 25.9. The van der Waals surface area contributed by atoms with Crippen LogP contribution in [0.25, 0.3) is 0 Å². The molecule has 3 atom stereocenters. The van der Waals surface area contributed by atoms with Crippen LogP contribution in [0.1, 0.15) is 38.8 Å². The van der Waals surface area contributed by atoms with Gasteiger partial charge in [0.15, 0.2) is 0 Å². The molecule has 0 saturated heterocycles. The summed E-state index contributed by atoms with van der Waals surface area (Å²) in [6.07, 6.45) is 1.15. The fourth-order valence-corrected chi connectivity index (χ4v) is 4.79. The van der Waals surface area contributed by atoms with Gasteiger partial charge in [-0.05, 0) is 29.3 Å². The number of hydrogen-bond donors (Lipinski definition) is 2. The maximum atomic E-state index is 9.43. The van der Waals surface area contributed by atoms with Crippen molar-refractivity contribution < 1.29 is 5.11 Å². The van der Waals surface area contributed by atoms with E-state index in [2.05, 4.69) is 37.5 Å². The van der Waals surface area contributed by atoms with Gasteiger partial charge >= 0.3 is 0 Å². The van der Waals surface area contributed by atoms with Gasteiger partial charge in [0.2, 0.25) is 0 Å². The van der Waals surface area contributed by atoms with Crippen LogP contribution in [0.4, 0.5) is 0 Å². The zero-order valence-corrected chi connectivity index (χ0v) is 12.3. The summed E-state index contributed by atoms with van der Waals surface area (Å²) in [6.45, 7) is 6.81. The first-order valence-corrected chi connectivity index (χ1v) is 7.98. The van der Waals surface area contributed by atoms with E-state index in [0.717, 1.165) is 6.42 Å². The Balaban J connectivity index is 2.12. The van der Waals surface area contributed by atoms with E-state index >= 15 is 0 Å². The van der Waals surface area contributed by atoms with Gasteiger partial charge < -0.3 is 10.4 Å². The van der Waals surface area contributed by atoms with Crippen LogP contribution in [0.2, 0.25) is 0 Å². The molecule has 0 aliphatic carbocycles. The highest BCUT2D eigenvalue weighted by molar-refractivity contribution is 8.01. The zero-order chi connectivity index (χ0) is 12.4. The molecule has 2 nitrogen and oxygen atoms in total. The van der Waals surface area contributed by atoms with Crippen LogP contribution in [-0.2, 0) is 0 Å². The lowest BCUT2D eigenvalue weighted by Crippen LogP contribution is -2.41. The molecular formula is C13H21NOS2. The first-order valence-electron chi connectivity index (χ1n) is 6.22. The second-order valence-corrected chi connectivity index (χ2v) is 7.70. The molecule has 0 fully saturated rings. The molecule has 1 aliphatic rings. The molecule has 2 rings (SSSR count). The average molecular weight is 271 g/mol. The number of thiophene rings is 1. The van der Waals surface area contributed by atoms with Crippen molar-refractivity contribution in [3.63, 3.8) is 0 Å². The van der Waals surface area contributed by atoms with E-state index in [1.807, 2.05) is 23.1 Å². The third-order valence-corrected chi connectivity index (χ3v) is 5.67. The molecule has 96 valence electrons. The number of aliphatic hydroxyl groups is 1. The number of hydrogen-bond acceptors (Lipinski definition) is 4. The van der Waals surface area contributed by atoms with Crippen molar-refractivity contribution in [2.75, 3.05) is 6.61 Å². The highest BCUT2D eigenvalue weighted by atomic mass is 32.2. The predicted molar refractivity (Wildman–Crippen MR) is 75.8 cm³/mol. The van der Waals surface area contributed by atoms with Crippen molar-refractivity contribution in [2.45, 2.75) is 48.7 Å². The molecule has 4 heteroatoms. The Bertz CT molecular complexity index is 364. The molecule has 0 aromatic carbocycles. The van der Waals surface area contributed by atoms with Gasteiger partial charge in [0, 0.05) is 17.3 Å². The largest absolute Gasteiger partial charge is 0.395 e. The molecule has 2 heterocycles. The maximum absolute atomic E-state index is 9.43. The molecule has 0 amide bonds. The first-order chi connectivity index (χ1) is 8.11. The van der Waals surface area contributed by atoms with Crippen LogP contribution in [0, 0.1) is 5.92 Å². The average Bonchev–Trinajstić information content (AvgIpc) is 2.72. The lowest BCUT2D eigenvalue weighted by Gasteiger charge is -2.32. The summed E-state index contributed by atoms with van der Waals surface area (Å²) in [4.78, 5) is 0. The number of thioether (sulfide) groups is 1. The predicted octanol–water partition coefficient (Wildman–Crippen LogP) is 3.28. The standard InChI is InChI=1S/C13H21NOS2/c1-8(2)12(7-15)14-11-6-9(3)17-13-10(11)4-5-16-13/h4-5,8-9,11-12,14-15H,6-7H2,1-3H3/t9-,11?,12?/m0/s1. The molecule has 2 unspecified atom stereocenters. The van der Waals surface area contributed by atoms with Crippen LogP contribution in [0.15, 0.2) is 15.7 Å². The fourth-order valence-electron chi connectivity index (χ4n) is 2.22. The van der Waals surface area contributed by atoms with Crippen LogP contribution in [0.3, 0.4) is 0 Å². The van der Waals surface area contributed by atoms with Crippen molar-refractivity contribution in [2.24, 2.45) is 5.92 Å². The van der Waals surface area contributed by atoms with E-state index < -0.39 is 0 Å². The summed E-state index contributed by atoms with van der Waals surface area (Å²) in [7, 11) is 0. The summed E-state index contributed by atoms with van der Waals surface area (Å²) in [5.41, 5.74) is 1.43. The Morgan fingerprint density at radius 1 is 1.53 bits per heavy atom. The number of aliphatic hydroxyl groups excluding tert-OH is 1. The monoisotopic (exact) mass is 271 g/mol. The van der Waals surface area contributed by atoms with Gasteiger partial charge in [-0.1, -0.05) is 20.8 Å². The van der Waals surface area contributed by atoms with Crippen LogP contribution in [0.5, 0.6) is 0 Å². The molecule has 0 radical (unpaired) electrons. The molecule has 0 bridgehead atoms. The summed E-state index contributed by atoms with van der Waals surface area (Å²) in [6, 6.07) is 2.83. The second-order valence-electron chi connectivity index (χ2n) is 5.08. The lowest BCUT2D eigenvalue weighted by molar-refractivity contribution is 0.196. The van der Waals surface area contributed by atoms with E-state index in [-0.39, 0.29) is 12.6 Å². The lowest BCUT2D eigenvalue weighted by atomic mass is 9.99. The van der Waals surface area contributed by atoms with Gasteiger partial charge in [0.05, 0.1) is 10.8 Å². The highest BCUT2D eigenvalue weighted by Gasteiger charge is 2.28. The topological polar surface area (TPSA) is 32.3 Å². The second kappa shape index (κ2) is 5.74. The SMILES string of the molecule is CC(C)C(CO)NC1C[C@H](C)Sc2sccc21. The van der Waals surface area contributed by atoms with Crippen molar-refractivity contribution in [1.82, 2.24) is 5.32 Å². The minimum absolute atomic E-state index is 0.197. The van der Waals surface area contributed by atoms with Gasteiger partial charge in [-0.2, -0.15) is 0 Å². The van der Waals surface area contributed by atoms with E-state index in [4.69, 9.17) is 0 Å². The fraction of sp³-hybridized carbons (Fsp3) is 0.692. The zero-order valence-electron chi connectivity index (χ0n) is 10.6. The minimum atomic E-state index is 0.197. The Labute approximate surface area is 112 Å².